The first kappa shape index (κ1) is 14.3. The minimum Gasteiger partial charge on any atom is -0.340 e. The third-order valence-electron chi connectivity index (χ3n) is 3.44. The Hall–Kier alpha value is -1.08. The highest BCUT2D eigenvalue weighted by Crippen LogP contribution is 2.28. The molecule has 1 aromatic rings. The van der Waals surface area contributed by atoms with Crippen LogP contribution in [0.2, 0.25) is 0 Å². The number of hydrogen-bond acceptors (Lipinski definition) is 4. The second-order valence-corrected chi connectivity index (χ2v) is 7.45. The molecule has 0 bridgehead atoms. The van der Waals surface area contributed by atoms with E-state index in [1.54, 1.807) is 7.05 Å². The van der Waals surface area contributed by atoms with Crippen LogP contribution in [0.25, 0.3) is 0 Å². The number of H-pyrrole nitrogens is 1. The zero-order chi connectivity index (χ0) is 14.2. The van der Waals surface area contributed by atoms with Crippen molar-refractivity contribution in [2.24, 2.45) is 5.92 Å². The molecule has 2 rings (SSSR count). The predicted octanol–water partition coefficient (Wildman–Crippen LogP) is 1.52. The summed E-state index contributed by atoms with van der Waals surface area (Å²) in [4.78, 5) is 13.5. The van der Waals surface area contributed by atoms with Gasteiger partial charge < -0.3 is 4.90 Å². The van der Waals surface area contributed by atoms with E-state index in [-0.39, 0.29) is 16.3 Å². The Morgan fingerprint density at radius 1 is 1.53 bits per heavy atom. The summed E-state index contributed by atoms with van der Waals surface area (Å²) in [5.74, 6) is 0.0838. The summed E-state index contributed by atoms with van der Waals surface area (Å²) in [5.41, 5.74) is 0.143. The molecule has 1 aromatic heterocycles. The maximum absolute atomic E-state index is 12.2. The molecule has 0 atom stereocenters. The molecular weight excluding hydrogens is 290 g/mol. The Kier molecular flexibility index (Phi) is 3.87. The maximum Gasteiger partial charge on any atom is 0.275 e. The highest BCUT2D eigenvalue weighted by Gasteiger charge is 2.30. The molecule has 106 valence electrons. The molecule has 1 heterocycles. The van der Waals surface area contributed by atoms with Crippen molar-refractivity contribution in [3.05, 3.63) is 11.4 Å². The van der Waals surface area contributed by atoms with Crippen LogP contribution in [0.4, 0.5) is 0 Å². The third kappa shape index (κ3) is 2.92. The summed E-state index contributed by atoms with van der Waals surface area (Å²) >= 11 is 0. The van der Waals surface area contributed by atoms with Gasteiger partial charge in [-0.3, -0.25) is 9.89 Å². The van der Waals surface area contributed by atoms with Crippen LogP contribution >= 0.6 is 10.7 Å². The zero-order valence-corrected chi connectivity index (χ0v) is 12.4. The molecule has 1 N–H and O–H groups in total. The van der Waals surface area contributed by atoms with Crippen molar-refractivity contribution in [3.8, 4) is 0 Å². The highest BCUT2D eigenvalue weighted by atomic mass is 35.7. The molecule has 1 aliphatic rings. The lowest BCUT2D eigenvalue weighted by Gasteiger charge is -2.29. The van der Waals surface area contributed by atoms with Gasteiger partial charge in [-0.25, -0.2) is 8.42 Å². The van der Waals surface area contributed by atoms with Gasteiger partial charge in [-0.1, -0.05) is 6.42 Å². The number of hydrogen-bond donors (Lipinski definition) is 1. The van der Waals surface area contributed by atoms with Gasteiger partial charge in [-0.15, -0.1) is 0 Å². The summed E-state index contributed by atoms with van der Waals surface area (Å²) in [6.07, 6.45) is 3.41. The van der Waals surface area contributed by atoms with Gasteiger partial charge in [0.2, 0.25) is 0 Å². The summed E-state index contributed by atoms with van der Waals surface area (Å²) in [6, 6.07) is 0. The number of amides is 1. The molecule has 0 aromatic carbocycles. The van der Waals surface area contributed by atoms with Crippen LogP contribution in [-0.2, 0) is 9.05 Å². The highest BCUT2D eigenvalue weighted by molar-refractivity contribution is 8.13. The van der Waals surface area contributed by atoms with Crippen LogP contribution in [0.15, 0.2) is 4.90 Å². The molecule has 6 nitrogen and oxygen atoms in total. The number of halogens is 1. The van der Waals surface area contributed by atoms with E-state index in [0.717, 1.165) is 12.8 Å². The first-order chi connectivity index (χ1) is 8.80. The molecule has 0 radical (unpaired) electrons. The van der Waals surface area contributed by atoms with E-state index in [2.05, 4.69) is 10.2 Å². The normalized spacial score (nSPS) is 16.2. The Bertz CT molecular complexity index is 592. The predicted molar refractivity (Wildman–Crippen MR) is 70.7 cm³/mol. The van der Waals surface area contributed by atoms with Crippen molar-refractivity contribution in [2.75, 3.05) is 13.6 Å². The van der Waals surface area contributed by atoms with Crippen LogP contribution in [0.5, 0.6) is 0 Å². The SMILES string of the molecule is Cc1[nH]nc(C(=O)N(C)CC2CCC2)c1S(=O)(=O)Cl. The van der Waals surface area contributed by atoms with E-state index in [9.17, 15) is 13.2 Å². The van der Waals surface area contributed by atoms with Crippen LogP contribution in [-0.4, -0.2) is 43.0 Å². The van der Waals surface area contributed by atoms with Crippen LogP contribution in [0, 0.1) is 12.8 Å². The van der Waals surface area contributed by atoms with Gasteiger partial charge in [-0.05, 0) is 25.7 Å². The lowest BCUT2D eigenvalue weighted by atomic mass is 9.85. The smallest absolute Gasteiger partial charge is 0.275 e. The third-order valence-corrected chi connectivity index (χ3v) is 4.89. The van der Waals surface area contributed by atoms with Crippen molar-refractivity contribution in [2.45, 2.75) is 31.1 Å². The number of carbonyl (C=O) groups is 1. The van der Waals surface area contributed by atoms with Gasteiger partial charge in [0.1, 0.15) is 4.90 Å². The van der Waals surface area contributed by atoms with Crippen molar-refractivity contribution in [3.63, 3.8) is 0 Å². The van der Waals surface area contributed by atoms with Crippen molar-refractivity contribution >= 4 is 25.6 Å². The minimum atomic E-state index is -3.99. The van der Waals surface area contributed by atoms with Gasteiger partial charge in [0.05, 0.1) is 5.69 Å². The number of nitrogens with zero attached hydrogens (tertiary/aromatic N) is 2. The van der Waals surface area contributed by atoms with Crippen molar-refractivity contribution in [1.82, 2.24) is 15.1 Å². The Morgan fingerprint density at radius 2 is 2.16 bits per heavy atom. The van der Waals surface area contributed by atoms with Gasteiger partial charge in [0, 0.05) is 24.3 Å². The number of rotatable bonds is 4. The molecule has 0 aliphatic heterocycles. The number of nitrogens with one attached hydrogen (secondary N) is 1. The van der Waals surface area contributed by atoms with E-state index in [0.29, 0.717) is 12.5 Å². The maximum atomic E-state index is 12.2. The second-order valence-electron chi connectivity index (χ2n) is 4.95. The standard InChI is InChI=1S/C11H16ClN3O3S/c1-7-10(19(12,17)18)9(14-13-7)11(16)15(2)6-8-4-3-5-8/h8H,3-6H2,1-2H3,(H,13,14). The van der Waals surface area contributed by atoms with Crippen LogP contribution in [0.3, 0.4) is 0 Å². The number of aromatic amines is 1. The van der Waals surface area contributed by atoms with Crippen molar-refractivity contribution < 1.29 is 13.2 Å². The van der Waals surface area contributed by atoms with E-state index in [4.69, 9.17) is 10.7 Å². The molecule has 1 amide bonds. The second kappa shape index (κ2) is 5.13. The summed E-state index contributed by atoms with van der Waals surface area (Å²) < 4.78 is 23.0. The molecule has 1 aliphatic carbocycles. The molecular formula is C11H16ClN3O3S. The summed E-state index contributed by atoms with van der Waals surface area (Å²) in [6.45, 7) is 2.14. The van der Waals surface area contributed by atoms with Crippen molar-refractivity contribution in [1.29, 1.82) is 0 Å². The van der Waals surface area contributed by atoms with Gasteiger partial charge in [0.25, 0.3) is 15.0 Å². The van der Waals surface area contributed by atoms with E-state index < -0.39 is 15.0 Å². The summed E-state index contributed by atoms with van der Waals surface area (Å²) in [5, 5.41) is 6.27. The average molecular weight is 306 g/mol. The Balaban J connectivity index is 2.23. The Morgan fingerprint density at radius 3 is 2.63 bits per heavy atom. The van der Waals surface area contributed by atoms with E-state index in [1.807, 2.05) is 0 Å². The zero-order valence-electron chi connectivity index (χ0n) is 10.8. The molecule has 0 unspecified atom stereocenters. The average Bonchev–Trinajstić information content (AvgIpc) is 2.63. The van der Waals surface area contributed by atoms with E-state index >= 15 is 0 Å². The molecule has 1 fully saturated rings. The molecule has 1 saturated carbocycles. The van der Waals surface area contributed by atoms with Gasteiger partial charge in [-0.2, -0.15) is 5.10 Å². The minimum absolute atomic E-state index is 0.130. The van der Waals surface area contributed by atoms with Gasteiger partial charge >= 0.3 is 0 Å². The fourth-order valence-corrected chi connectivity index (χ4v) is 3.53. The molecule has 0 spiro atoms. The summed E-state index contributed by atoms with van der Waals surface area (Å²) in [7, 11) is 3.00. The van der Waals surface area contributed by atoms with E-state index in [1.165, 1.54) is 18.2 Å². The largest absolute Gasteiger partial charge is 0.340 e. The fraction of sp³-hybridized carbons (Fsp3) is 0.636. The van der Waals surface area contributed by atoms with Crippen LogP contribution in [0.1, 0.15) is 35.4 Å². The molecule has 8 heteroatoms. The number of carbonyl (C=O) groups excluding carboxylic acids is 1. The first-order valence-corrected chi connectivity index (χ1v) is 8.36. The Labute approximate surface area is 116 Å². The van der Waals surface area contributed by atoms with Gasteiger partial charge in [0.15, 0.2) is 5.69 Å². The molecule has 19 heavy (non-hydrogen) atoms. The lowest BCUT2D eigenvalue weighted by Crippen LogP contribution is -2.35. The number of aromatic nitrogens is 2. The lowest BCUT2D eigenvalue weighted by molar-refractivity contribution is 0.0735. The fourth-order valence-electron chi connectivity index (χ4n) is 2.19. The monoisotopic (exact) mass is 305 g/mol. The quantitative estimate of drug-likeness (QED) is 0.855. The molecule has 0 saturated heterocycles. The first-order valence-electron chi connectivity index (χ1n) is 6.05. The van der Waals surface area contributed by atoms with Crippen LogP contribution < -0.4 is 0 Å². The topological polar surface area (TPSA) is 83.1 Å². The number of aryl methyl sites for hydroxylation is 1.